The van der Waals surface area contributed by atoms with E-state index >= 15 is 0 Å². The Kier molecular flexibility index (Phi) is 5.30. The van der Waals surface area contributed by atoms with E-state index in [2.05, 4.69) is 10.6 Å². The van der Waals surface area contributed by atoms with E-state index in [-0.39, 0.29) is 24.1 Å². The lowest BCUT2D eigenvalue weighted by Gasteiger charge is -2.24. The van der Waals surface area contributed by atoms with E-state index in [0.717, 1.165) is 32.0 Å². The highest BCUT2D eigenvalue weighted by Gasteiger charge is 2.19. The standard InChI is InChI=1S/C11H14FN3O2.ClH/c12-8-1-2-10(11(7-8)15(16)17)14-9-3-5-13-6-4-9;/h1-2,7,9,13-14H,3-6H2;1H. The molecule has 0 atom stereocenters. The molecule has 0 bridgehead atoms. The summed E-state index contributed by atoms with van der Waals surface area (Å²) < 4.78 is 12.9. The van der Waals surface area contributed by atoms with Crippen molar-refractivity contribution in [3.05, 3.63) is 34.1 Å². The van der Waals surface area contributed by atoms with E-state index < -0.39 is 10.7 Å². The summed E-state index contributed by atoms with van der Waals surface area (Å²) in [6, 6.07) is 3.82. The Morgan fingerprint density at radius 2 is 2.06 bits per heavy atom. The van der Waals surface area contributed by atoms with Gasteiger partial charge in [-0.25, -0.2) is 4.39 Å². The molecule has 1 saturated heterocycles. The van der Waals surface area contributed by atoms with Gasteiger partial charge in [0.05, 0.1) is 11.0 Å². The van der Waals surface area contributed by atoms with Crippen LogP contribution in [0.3, 0.4) is 0 Å². The van der Waals surface area contributed by atoms with Crippen LogP contribution in [0, 0.1) is 15.9 Å². The second-order valence-electron chi connectivity index (χ2n) is 4.09. The van der Waals surface area contributed by atoms with E-state index in [1.165, 1.54) is 12.1 Å². The SMILES string of the molecule is Cl.O=[N+]([O-])c1cc(F)ccc1NC1CCNCC1. The lowest BCUT2D eigenvalue weighted by Crippen LogP contribution is -2.35. The summed E-state index contributed by atoms with van der Waals surface area (Å²) in [6.45, 7) is 1.79. The highest BCUT2D eigenvalue weighted by molar-refractivity contribution is 5.85. The maximum Gasteiger partial charge on any atom is 0.295 e. The molecule has 0 radical (unpaired) electrons. The fraction of sp³-hybridized carbons (Fsp3) is 0.455. The van der Waals surface area contributed by atoms with Crippen molar-refractivity contribution < 1.29 is 9.31 Å². The smallest absolute Gasteiger partial charge is 0.295 e. The third kappa shape index (κ3) is 3.54. The molecule has 2 rings (SSSR count). The monoisotopic (exact) mass is 275 g/mol. The average molecular weight is 276 g/mol. The van der Waals surface area contributed by atoms with E-state index in [9.17, 15) is 14.5 Å². The summed E-state index contributed by atoms with van der Waals surface area (Å²) >= 11 is 0. The number of piperidine rings is 1. The fourth-order valence-electron chi connectivity index (χ4n) is 1.96. The van der Waals surface area contributed by atoms with Crippen LogP contribution < -0.4 is 10.6 Å². The summed E-state index contributed by atoms with van der Waals surface area (Å²) in [5.74, 6) is -0.590. The van der Waals surface area contributed by atoms with E-state index in [4.69, 9.17) is 0 Å². The molecule has 100 valence electrons. The third-order valence-corrected chi connectivity index (χ3v) is 2.86. The van der Waals surface area contributed by atoms with Gasteiger partial charge < -0.3 is 10.6 Å². The van der Waals surface area contributed by atoms with Gasteiger partial charge >= 0.3 is 0 Å². The predicted molar refractivity (Wildman–Crippen MR) is 69.8 cm³/mol. The molecule has 1 aromatic rings. The molecule has 5 nitrogen and oxygen atoms in total. The zero-order valence-corrected chi connectivity index (χ0v) is 10.5. The molecular formula is C11H15ClFN3O2. The molecule has 18 heavy (non-hydrogen) atoms. The second-order valence-corrected chi connectivity index (χ2v) is 4.09. The molecule has 1 fully saturated rings. The fourth-order valence-corrected chi connectivity index (χ4v) is 1.96. The van der Waals surface area contributed by atoms with Gasteiger partial charge in [0, 0.05) is 6.04 Å². The van der Waals surface area contributed by atoms with Crippen molar-refractivity contribution in [1.29, 1.82) is 0 Å². The van der Waals surface area contributed by atoms with Crippen molar-refractivity contribution in [2.75, 3.05) is 18.4 Å². The highest BCUT2D eigenvalue weighted by atomic mass is 35.5. The van der Waals surface area contributed by atoms with Crippen LogP contribution in [0.25, 0.3) is 0 Å². The average Bonchev–Trinajstić information content (AvgIpc) is 2.32. The molecule has 2 N–H and O–H groups in total. The Morgan fingerprint density at radius 3 is 2.67 bits per heavy atom. The Labute approximate surface area is 110 Å². The quantitative estimate of drug-likeness (QED) is 0.656. The normalized spacial score (nSPS) is 15.8. The molecule has 0 spiro atoms. The van der Waals surface area contributed by atoms with Gasteiger partial charge in [-0.15, -0.1) is 12.4 Å². The summed E-state index contributed by atoms with van der Waals surface area (Å²) in [4.78, 5) is 10.2. The number of benzene rings is 1. The molecule has 0 amide bonds. The first-order valence-corrected chi connectivity index (χ1v) is 5.58. The van der Waals surface area contributed by atoms with Crippen molar-refractivity contribution in [2.24, 2.45) is 0 Å². The summed E-state index contributed by atoms with van der Waals surface area (Å²) in [5.41, 5.74) is 0.187. The molecular weight excluding hydrogens is 261 g/mol. The minimum Gasteiger partial charge on any atom is -0.377 e. The lowest BCUT2D eigenvalue weighted by atomic mass is 10.1. The van der Waals surface area contributed by atoms with Crippen LogP contribution in [-0.4, -0.2) is 24.1 Å². The van der Waals surface area contributed by atoms with E-state index in [1.54, 1.807) is 0 Å². The molecule has 0 saturated carbocycles. The zero-order chi connectivity index (χ0) is 12.3. The number of anilines is 1. The molecule has 1 aromatic carbocycles. The van der Waals surface area contributed by atoms with Crippen molar-refractivity contribution in [2.45, 2.75) is 18.9 Å². The summed E-state index contributed by atoms with van der Waals surface area (Å²) in [6.07, 6.45) is 1.82. The third-order valence-electron chi connectivity index (χ3n) is 2.86. The van der Waals surface area contributed by atoms with Gasteiger partial charge in [0.25, 0.3) is 5.69 Å². The first-order valence-electron chi connectivity index (χ1n) is 5.58. The minimum atomic E-state index is -0.590. The van der Waals surface area contributed by atoms with Crippen molar-refractivity contribution >= 4 is 23.8 Å². The van der Waals surface area contributed by atoms with Gasteiger partial charge in [0.2, 0.25) is 0 Å². The van der Waals surface area contributed by atoms with Gasteiger partial charge in [0.15, 0.2) is 0 Å². The van der Waals surface area contributed by atoms with E-state index in [0.29, 0.717) is 5.69 Å². The first-order chi connectivity index (χ1) is 8.16. The van der Waals surface area contributed by atoms with Crippen LogP contribution >= 0.6 is 12.4 Å². The van der Waals surface area contributed by atoms with Crippen LogP contribution in [0.2, 0.25) is 0 Å². The second kappa shape index (κ2) is 6.51. The topological polar surface area (TPSA) is 67.2 Å². The van der Waals surface area contributed by atoms with Crippen molar-refractivity contribution in [3.8, 4) is 0 Å². The number of rotatable bonds is 3. The maximum absolute atomic E-state index is 12.9. The number of nitro groups is 1. The molecule has 0 aliphatic carbocycles. The molecule has 1 aliphatic rings. The van der Waals surface area contributed by atoms with Gasteiger partial charge in [-0.3, -0.25) is 10.1 Å². The number of nitrogens with zero attached hydrogens (tertiary/aromatic N) is 1. The largest absolute Gasteiger partial charge is 0.377 e. The van der Waals surface area contributed by atoms with Gasteiger partial charge in [-0.1, -0.05) is 0 Å². The summed E-state index contributed by atoms with van der Waals surface area (Å²) in [7, 11) is 0. The number of halogens is 2. The lowest BCUT2D eigenvalue weighted by molar-refractivity contribution is -0.384. The number of nitro benzene ring substituents is 1. The maximum atomic E-state index is 12.9. The number of nitrogens with one attached hydrogen (secondary N) is 2. The van der Waals surface area contributed by atoms with Gasteiger partial charge in [-0.05, 0) is 38.1 Å². The van der Waals surface area contributed by atoms with Crippen LogP contribution in [0.4, 0.5) is 15.8 Å². The van der Waals surface area contributed by atoms with Gasteiger partial charge in [-0.2, -0.15) is 0 Å². The molecule has 1 aliphatic heterocycles. The Bertz CT molecular complexity index is 425. The highest BCUT2D eigenvalue weighted by Crippen LogP contribution is 2.26. The van der Waals surface area contributed by atoms with E-state index in [1.807, 2.05) is 0 Å². The predicted octanol–water partition coefficient (Wildman–Crippen LogP) is 2.32. The van der Waals surface area contributed by atoms with Gasteiger partial charge in [0.1, 0.15) is 11.5 Å². The van der Waals surface area contributed by atoms with Crippen LogP contribution in [0.1, 0.15) is 12.8 Å². The van der Waals surface area contributed by atoms with Crippen molar-refractivity contribution in [3.63, 3.8) is 0 Å². The first kappa shape index (κ1) is 14.7. The van der Waals surface area contributed by atoms with Crippen LogP contribution in [-0.2, 0) is 0 Å². The Hall–Kier alpha value is -1.40. The van der Waals surface area contributed by atoms with Crippen molar-refractivity contribution in [1.82, 2.24) is 5.32 Å². The zero-order valence-electron chi connectivity index (χ0n) is 9.69. The Morgan fingerprint density at radius 1 is 1.39 bits per heavy atom. The van der Waals surface area contributed by atoms with Crippen LogP contribution in [0.5, 0.6) is 0 Å². The number of hydrogen-bond donors (Lipinski definition) is 2. The van der Waals surface area contributed by atoms with Crippen LogP contribution in [0.15, 0.2) is 18.2 Å². The summed E-state index contributed by atoms with van der Waals surface area (Å²) in [5, 5.41) is 17.1. The Balaban J connectivity index is 0.00000162. The molecule has 1 heterocycles. The molecule has 7 heteroatoms. The number of hydrogen-bond acceptors (Lipinski definition) is 4. The molecule has 0 unspecified atom stereocenters. The molecule has 0 aromatic heterocycles. The minimum absolute atomic E-state index is 0.